The first-order chi connectivity index (χ1) is 19.9. The molecule has 0 radical (unpaired) electrons. The molecule has 8 nitrogen and oxygen atoms in total. The van der Waals surface area contributed by atoms with Crippen LogP contribution in [0.1, 0.15) is 22.0 Å². The SMILES string of the molecule is C=CC(=O)N1CC(n2cc(-c3nc(-c4ccc5c(c4)CNC5=O)c4ccsc4c3-c3ccc(F)cc3OC)cn2)C1. The Labute approximate surface area is 238 Å². The number of halogens is 1. The molecule has 7 rings (SSSR count). The van der Waals surface area contributed by atoms with Gasteiger partial charge < -0.3 is 15.0 Å². The fraction of sp³-hybridized carbons (Fsp3) is 0.161. The molecule has 0 saturated carbocycles. The molecule has 3 aromatic heterocycles. The van der Waals surface area contributed by atoms with E-state index in [9.17, 15) is 14.0 Å². The van der Waals surface area contributed by atoms with Crippen molar-refractivity contribution < 1.29 is 18.7 Å². The number of rotatable bonds is 6. The summed E-state index contributed by atoms with van der Waals surface area (Å²) in [5, 5.41) is 10.5. The molecule has 41 heavy (non-hydrogen) atoms. The van der Waals surface area contributed by atoms with Gasteiger partial charge in [-0.3, -0.25) is 14.3 Å². The van der Waals surface area contributed by atoms with E-state index < -0.39 is 5.82 Å². The molecule has 5 aromatic rings. The number of likely N-dealkylation sites (tertiary alicyclic amines) is 1. The molecular weight excluding hydrogens is 541 g/mol. The van der Waals surface area contributed by atoms with Gasteiger partial charge in [0.1, 0.15) is 11.6 Å². The first-order valence-corrected chi connectivity index (χ1v) is 14.0. The van der Waals surface area contributed by atoms with Gasteiger partial charge in [0.25, 0.3) is 5.91 Å². The van der Waals surface area contributed by atoms with Gasteiger partial charge >= 0.3 is 0 Å². The Bertz CT molecular complexity index is 1890. The Kier molecular flexibility index (Phi) is 5.93. The summed E-state index contributed by atoms with van der Waals surface area (Å²) in [6.07, 6.45) is 5.03. The van der Waals surface area contributed by atoms with E-state index in [1.54, 1.807) is 28.5 Å². The predicted octanol–water partition coefficient (Wildman–Crippen LogP) is 5.45. The standard InChI is InChI=1S/C31H24FN5O3S/c1-3-26(38)36-15-21(16-36)37-14-19(13-34-37)29-27(23-7-5-20(32)11-25(23)40-2)30-24(8-9-41-30)28(35-29)17-4-6-22-18(10-17)12-33-31(22)39/h3-11,13-14,21H,1,12,15-16H2,2H3,(H,33,39). The van der Waals surface area contributed by atoms with Crippen LogP contribution in [-0.2, 0) is 11.3 Å². The summed E-state index contributed by atoms with van der Waals surface area (Å²) in [5.74, 6) is -0.157. The van der Waals surface area contributed by atoms with E-state index in [0.29, 0.717) is 36.6 Å². The minimum Gasteiger partial charge on any atom is -0.496 e. The van der Waals surface area contributed by atoms with Crippen molar-refractivity contribution in [3.63, 3.8) is 0 Å². The number of pyridine rings is 1. The summed E-state index contributed by atoms with van der Waals surface area (Å²) >= 11 is 1.57. The van der Waals surface area contributed by atoms with Crippen LogP contribution in [0.5, 0.6) is 5.75 Å². The van der Waals surface area contributed by atoms with Gasteiger partial charge in [0.2, 0.25) is 5.91 Å². The van der Waals surface area contributed by atoms with Crippen molar-refractivity contribution in [2.75, 3.05) is 20.2 Å². The lowest BCUT2D eigenvalue weighted by Gasteiger charge is -2.38. The van der Waals surface area contributed by atoms with Crippen LogP contribution in [-0.4, -0.2) is 51.7 Å². The second kappa shape index (κ2) is 9.67. The lowest BCUT2D eigenvalue weighted by Crippen LogP contribution is -2.50. The van der Waals surface area contributed by atoms with E-state index >= 15 is 0 Å². The van der Waals surface area contributed by atoms with E-state index in [0.717, 1.165) is 43.6 Å². The van der Waals surface area contributed by atoms with Crippen molar-refractivity contribution in [1.29, 1.82) is 0 Å². The summed E-state index contributed by atoms with van der Waals surface area (Å²) < 4.78 is 22.7. The number of thiophene rings is 1. The lowest BCUT2D eigenvalue weighted by atomic mass is 9.95. The molecule has 204 valence electrons. The Morgan fingerprint density at radius 2 is 1.98 bits per heavy atom. The summed E-state index contributed by atoms with van der Waals surface area (Å²) in [6, 6.07) is 12.4. The highest BCUT2D eigenvalue weighted by molar-refractivity contribution is 7.18. The maximum atomic E-state index is 14.2. The van der Waals surface area contributed by atoms with Gasteiger partial charge in [-0.15, -0.1) is 11.3 Å². The van der Waals surface area contributed by atoms with E-state index in [1.807, 2.05) is 40.5 Å². The quantitative estimate of drug-likeness (QED) is 0.277. The number of hydrogen-bond donors (Lipinski definition) is 1. The maximum Gasteiger partial charge on any atom is 0.251 e. The molecule has 0 unspecified atom stereocenters. The number of methoxy groups -OCH3 is 1. The number of amides is 2. The zero-order chi connectivity index (χ0) is 28.2. The minimum absolute atomic E-state index is 0.0446. The molecule has 2 aromatic carbocycles. The highest BCUT2D eigenvalue weighted by Gasteiger charge is 2.32. The second-order valence-corrected chi connectivity index (χ2v) is 11.0. The van der Waals surface area contributed by atoms with E-state index in [2.05, 4.69) is 17.0 Å². The molecule has 1 N–H and O–H groups in total. The number of ether oxygens (including phenoxy) is 1. The predicted molar refractivity (Wildman–Crippen MR) is 155 cm³/mol. The van der Waals surface area contributed by atoms with Gasteiger partial charge in [-0.1, -0.05) is 12.6 Å². The summed E-state index contributed by atoms with van der Waals surface area (Å²) in [6.45, 7) is 5.14. The molecule has 2 amide bonds. The molecular formula is C31H24FN5O3S. The Balaban J connectivity index is 1.41. The molecule has 2 aliphatic heterocycles. The number of carbonyl (C=O) groups is 2. The minimum atomic E-state index is -0.392. The van der Waals surface area contributed by atoms with Gasteiger partial charge in [-0.25, -0.2) is 9.37 Å². The fourth-order valence-electron chi connectivity index (χ4n) is 5.55. The van der Waals surface area contributed by atoms with Crippen LogP contribution in [0.15, 0.2) is 72.9 Å². The van der Waals surface area contributed by atoms with E-state index in [-0.39, 0.29) is 17.9 Å². The third-order valence-corrected chi connectivity index (χ3v) is 8.63. The lowest BCUT2D eigenvalue weighted by molar-refractivity contribution is -0.131. The molecule has 0 atom stereocenters. The number of hydrogen-bond acceptors (Lipinski definition) is 6. The molecule has 0 spiro atoms. The number of nitrogens with one attached hydrogen (secondary N) is 1. The van der Waals surface area contributed by atoms with Gasteiger partial charge in [0.15, 0.2) is 0 Å². The van der Waals surface area contributed by atoms with Gasteiger partial charge in [0.05, 0.1) is 30.7 Å². The topological polar surface area (TPSA) is 89.4 Å². The normalized spacial score (nSPS) is 14.6. The van der Waals surface area contributed by atoms with Crippen LogP contribution in [0.4, 0.5) is 4.39 Å². The molecule has 1 fully saturated rings. The van der Waals surface area contributed by atoms with Crippen LogP contribution in [0.2, 0.25) is 0 Å². The number of benzene rings is 2. The Morgan fingerprint density at radius 3 is 2.78 bits per heavy atom. The van der Waals surface area contributed by atoms with Gasteiger partial charge in [-0.05, 0) is 47.4 Å². The molecule has 0 bridgehead atoms. The number of fused-ring (bicyclic) bond motifs is 2. The molecule has 5 heterocycles. The van der Waals surface area contributed by atoms with Crippen LogP contribution in [0.25, 0.3) is 43.7 Å². The van der Waals surface area contributed by atoms with E-state index in [1.165, 1.54) is 25.3 Å². The van der Waals surface area contributed by atoms with Gasteiger partial charge in [0, 0.05) is 69.8 Å². The zero-order valence-corrected chi connectivity index (χ0v) is 22.9. The van der Waals surface area contributed by atoms with Crippen LogP contribution in [0.3, 0.4) is 0 Å². The van der Waals surface area contributed by atoms with Crippen LogP contribution < -0.4 is 10.1 Å². The summed E-state index contributed by atoms with van der Waals surface area (Å²) in [7, 11) is 1.52. The smallest absolute Gasteiger partial charge is 0.251 e. The van der Waals surface area contributed by atoms with Crippen molar-refractivity contribution >= 4 is 33.2 Å². The summed E-state index contributed by atoms with van der Waals surface area (Å²) in [4.78, 5) is 31.1. The molecule has 1 saturated heterocycles. The summed E-state index contributed by atoms with van der Waals surface area (Å²) in [5.41, 5.74) is 6.29. The number of carbonyl (C=O) groups excluding carboxylic acids is 2. The van der Waals surface area contributed by atoms with Crippen LogP contribution in [0, 0.1) is 5.82 Å². The second-order valence-electron chi connectivity index (χ2n) is 10.1. The first kappa shape index (κ1) is 25.2. The molecule has 10 heteroatoms. The highest BCUT2D eigenvalue weighted by atomic mass is 32.1. The van der Waals surface area contributed by atoms with Crippen molar-refractivity contribution in [1.82, 2.24) is 25.0 Å². The Hall–Kier alpha value is -4.83. The van der Waals surface area contributed by atoms with E-state index in [4.69, 9.17) is 9.72 Å². The van der Waals surface area contributed by atoms with Crippen molar-refractivity contribution in [2.45, 2.75) is 12.6 Å². The highest BCUT2D eigenvalue weighted by Crippen LogP contribution is 2.46. The van der Waals surface area contributed by atoms with Gasteiger partial charge in [-0.2, -0.15) is 5.10 Å². The average molecular weight is 566 g/mol. The number of nitrogens with zero attached hydrogens (tertiary/aromatic N) is 4. The molecule has 2 aliphatic rings. The van der Waals surface area contributed by atoms with Crippen molar-refractivity contribution in [3.05, 3.63) is 89.8 Å². The zero-order valence-electron chi connectivity index (χ0n) is 22.1. The Morgan fingerprint density at radius 1 is 1.15 bits per heavy atom. The third kappa shape index (κ3) is 4.10. The van der Waals surface area contributed by atoms with Crippen molar-refractivity contribution in [2.24, 2.45) is 0 Å². The third-order valence-electron chi connectivity index (χ3n) is 7.70. The number of aromatic nitrogens is 3. The molecule has 0 aliphatic carbocycles. The monoisotopic (exact) mass is 565 g/mol. The maximum absolute atomic E-state index is 14.2. The van der Waals surface area contributed by atoms with Crippen LogP contribution >= 0.6 is 11.3 Å². The largest absolute Gasteiger partial charge is 0.496 e. The average Bonchev–Trinajstić information content (AvgIpc) is 3.72. The fourth-order valence-corrected chi connectivity index (χ4v) is 6.50. The van der Waals surface area contributed by atoms with Crippen molar-refractivity contribution in [3.8, 4) is 39.4 Å². The first-order valence-electron chi connectivity index (χ1n) is 13.1.